The molecule has 9 heteroatoms. The van der Waals surface area contributed by atoms with Gasteiger partial charge in [-0.2, -0.15) is 4.31 Å². The second-order valence-electron chi connectivity index (χ2n) is 5.51. The van der Waals surface area contributed by atoms with Crippen LogP contribution in [0, 0.1) is 10.1 Å². The summed E-state index contributed by atoms with van der Waals surface area (Å²) in [7, 11) is -3.99. The van der Waals surface area contributed by atoms with E-state index in [9.17, 15) is 18.5 Å². The lowest BCUT2D eigenvalue weighted by Gasteiger charge is -2.36. The second-order valence-corrected chi connectivity index (χ2v) is 7.37. The first-order valence-electron chi connectivity index (χ1n) is 7.50. The summed E-state index contributed by atoms with van der Waals surface area (Å²) in [5.74, 6) is 0. The molecule has 0 spiro atoms. The van der Waals surface area contributed by atoms with E-state index in [-0.39, 0.29) is 4.90 Å². The van der Waals surface area contributed by atoms with Crippen LogP contribution in [-0.2, 0) is 19.5 Å². The minimum atomic E-state index is -3.99. The maximum absolute atomic E-state index is 13.0. The highest BCUT2D eigenvalue weighted by Gasteiger charge is 2.42. The van der Waals surface area contributed by atoms with Gasteiger partial charge in [-0.05, 0) is 18.9 Å². The van der Waals surface area contributed by atoms with E-state index in [4.69, 9.17) is 9.47 Å². The largest absolute Gasteiger partial charge is 0.349 e. The summed E-state index contributed by atoms with van der Waals surface area (Å²) in [5, 5.41) is 11.2. The predicted octanol–water partition coefficient (Wildman–Crippen LogP) is 1.51. The predicted molar refractivity (Wildman–Crippen MR) is 80.3 cm³/mol. The molecular weight excluding hydrogens is 324 g/mol. The molecule has 0 saturated carbocycles. The van der Waals surface area contributed by atoms with Crippen LogP contribution in [0.4, 0.5) is 5.69 Å². The molecule has 126 valence electrons. The van der Waals surface area contributed by atoms with Crippen molar-refractivity contribution in [2.24, 2.45) is 0 Å². The molecule has 8 nitrogen and oxygen atoms in total. The van der Waals surface area contributed by atoms with Crippen molar-refractivity contribution in [2.45, 2.75) is 36.5 Å². The van der Waals surface area contributed by atoms with Crippen LogP contribution in [0.25, 0.3) is 0 Å². The van der Waals surface area contributed by atoms with Crippen molar-refractivity contribution in [1.29, 1.82) is 0 Å². The number of sulfonamides is 1. The topological polar surface area (TPSA) is 99.0 Å². The van der Waals surface area contributed by atoms with Gasteiger partial charge in [0.1, 0.15) is 0 Å². The van der Waals surface area contributed by atoms with Crippen LogP contribution in [0.5, 0.6) is 0 Å². The van der Waals surface area contributed by atoms with Crippen LogP contribution in [0.15, 0.2) is 29.2 Å². The highest BCUT2D eigenvalue weighted by atomic mass is 32.2. The maximum atomic E-state index is 13.0. The van der Waals surface area contributed by atoms with Crippen molar-refractivity contribution in [2.75, 3.05) is 19.8 Å². The average molecular weight is 342 g/mol. The summed E-state index contributed by atoms with van der Waals surface area (Å²) >= 11 is 0. The summed E-state index contributed by atoms with van der Waals surface area (Å²) in [6, 6.07) is 4.97. The molecule has 2 saturated heterocycles. The molecule has 0 amide bonds. The van der Waals surface area contributed by atoms with Gasteiger partial charge in [0.05, 0.1) is 24.2 Å². The third-order valence-corrected chi connectivity index (χ3v) is 6.08. The van der Waals surface area contributed by atoms with Gasteiger partial charge in [-0.25, -0.2) is 8.42 Å². The van der Waals surface area contributed by atoms with Gasteiger partial charge in [0.25, 0.3) is 5.69 Å². The number of para-hydroxylation sites is 1. The minimum absolute atomic E-state index is 0.283. The summed E-state index contributed by atoms with van der Waals surface area (Å²) in [6.45, 7) is 1.17. The van der Waals surface area contributed by atoms with Gasteiger partial charge in [-0.1, -0.05) is 18.6 Å². The number of hydrogen-bond donors (Lipinski definition) is 0. The molecule has 0 bridgehead atoms. The molecule has 0 aromatic heterocycles. The summed E-state index contributed by atoms with van der Waals surface area (Å²) in [6.07, 6.45) is 1.59. The van der Waals surface area contributed by atoms with Crippen LogP contribution in [0.1, 0.15) is 19.3 Å². The van der Waals surface area contributed by atoms with E-state index in [1.165, 1.54) is 28.6 Å². The van der Waals surface area contributed by atoms with Gasteiger partial charge < -0.3 is 9.47 Å². The normalized spacial score (nSPS) is 23.9. The Bertz CT molecular complexity index is 686. The van der Waals surface area contributed by atoms with E-state index in [0.29, 0.717) is 32.6 Å². The average Bonchev–Trinajstić information content (AvgIpc) is 3.09. The Labute approximate surface area is 134 Å². The monoisotopic (exact) mass is 342 g/mol. The van der Waals surface area contributed by atoms with E-state index in [2.05, 4.69) is 0 Å². The molecule has 2 heterocycles. The zero-order valence-corrected chi connectivity index (χ0v) is 13.3. The molecule has 2 fully saturated rings. The zero-order valence-electron chi connectivity index (χ0n) is 12.5. The molecule has 23 heavy (non-hydrogen) atoms. The molecule has 1 aromatic rings. The number of benzene rings is 1. The maximum Gasteiger partial charge on any atom is 0.289 e. The Balaban J connectivity index is 1.98. The van der Waals surface area contributed by atoms with Gasteiger partial charge in [0.2, 0.25) is 10.0 Å². The highest BCUT2D eigenvalue weighted by Crippen LogP contribution is 2.33. The zero-order chi connectivity index (χ0) is 16.4. The number of nitro benzene ring substituents is 1. The number of ether oxygens (including phenoxy) is 2. The molecule has 2 aliphatic rings. The third kappa shape index (κ3) is 3.09. The van der Waals surface area contributed by atoms with Gasteiger partial charge >= 0.3 is 0 Å². The molecule has 1 aromatic carbocycles. The molecule has 3 rings (SSSR count). The van der Waals surface area contributed by atoms with Gasteiger partial charge in [-0.3, -0.25) is 10.1 Å². The standard InChI is InChI=1S/C14H18N2O6S/c17-16(18)11-5-1-2-7-13(11)23(19,20)15-8-4-3-6-12(15)14-21-9-10-22-14/h1-2,5,7,12,14H,3-4,6,8-10H2/t12-/m0/s1. The summed E-state index contributed by atoms with van der Waals surface area (Å²) < 4.78 is 38.2. The fourth-order valence-corrected chi connectivity index (χ4v) is 4.89. The van der Waals surface area contributed by atoms with Crippen LogP contribution in [-0.4, -0.2) is 49.7 Å². The lowest BCUT2D eigenvalue weighted by molar-refractivity contribution is -0.387. The number of nitro groups is 1. The fraction of sp³-hybridized carbons (Fsp3) is 0.571. The van der Waals surface area contributed by atoms with Gasteiger partial charge in [0.15, 0.2) is 11.2 Å². The molecule has 0 unspecified atom stereocenters. The van der Waals surface area contributed by atoms with Gasteiger partial charge in [-0.15, -0.1) is 0 Å². The quantitative estimate of drug-likeness (QED) is 0.607. The highest BCUT2D eigenvalue weighted by molar-refractivity contribution is 7.89. The molecule has 0 aliphatic carbocycles. The van der Waals surface area contributed by atoms with Crippen LogP contribution >= 0.6 is 0 Å². The van der Waals surface area contributed by atoms with Gasteiger partial charge in [0, 0.05) is 12.6 Å². The summed E-state index contributed by atoms with van der Waals surface area (Å²) in [5.41, 5.74) is -0.412. The Hall–Kier alpha value is -1.55. The van der Waals surface area contributed by atoms with Crippen molar-refractivity contribution in [3.63, 3.8) is 0 Å². The van der Waals surface area contributed by atoms with E-state index < -0.39 is 33.0 Å². The van der Waals surface area contributed by atoms with Crippen LogP contribution in [0.3, 0.4) is 0 Å². The van der Waals surface area contributed by atoms with Crippen molar-refractivity contribution < 1.29 is 22.8 Å². The first-order chi connectivity index (χ1) is 11.0. The molecular formula is C14H18N2O6S. The lowest BCUT2D eigenvalue weighted by Crippen LogP contribution is -2.50. The smallest absolute Gasteiger partial charge is 0.289 e. The molecule has 2 aliphatic heterocycles. The Morgan fingerprint density at radius 1 is 1.17 bits per heavy atom. The Morgan fingerprint density at radius 2 is 1.87 bits per heavy atom. The van der Waals surface area contributed by atoms with Crippen molar-refractivity contribution >= 4 is 15.7 Å². The van der Waals surface area contributed by atoms with E-state index in [0.717, 1.165) is 6.42 Å². The Kier molecular flexibility index (Phi) is 4.62. The molecule has 1 atom stereocenters. The molecule has 0 radical (unpaired) electrons. The van der Waals surface area contributed by atoms with Crippen LogP contribution in [0.2, 0.25) is 0 Å². The van der Waals surface area contributed by atoms with Crippen molar-refractivity contribution in [3.8, 4) is 0 Å². The first-order valence-corrected chi connectivity index (χ1v) is 8.94. The first kappa shape index (κ1) is 16.3. The third-order valence-electron chi connectivity index (χ3n) is 4.11. The fourth-order valence-electron chi connectivity index (χ4n) is 3.05. The SMILES string of the molecule is O=[N+]([O-])c1ccccc1S(=O)(=O)N1CCCC[C@H]1C1OCCO1. The number of rotatable bonds is 4. The second kappa shape index (κ2) is 6.52. The van der Waals surface area contributed by atoms with Crippen molar-refractivity contribution in [1.82, 2.24) is 4.31 Å². The Morgan fingerprint density at radius 3 is 2.57 bits per heavy atom. The van der Waals surface area contributed by atoms with E-state index in [1.54, 1.807) is 0 Å². The number of piperidine rings is 1. The number of hydrogen-bond acceptors (Lipinski definition) is 6. The minimum Gasteiger partial charge on any atom is -0.349 e. The molecule has 0 N–H and O–H groups in total. The van der Waals surface area contributed by atoms with E-state index >= 15 is 0 Å². The lowest BCUT2D eigenvalue weighted by atomic mass is 10.0. The summed E-state index contributed by atoms with van der Waals surface area (Å²) in [4.78, 5) is 10.2. The van der Waals surface area contributed by atoms with Crippen molar-refractivity contribution in [3.05, 3.63) is 34.4 Å². The van der Waals surface area contributed by atoms with Crippen LogP contribution < -0.4 is 0 Å². The number of nitrogens with zero attached hydrogens (tertiary/aromatic N) is 2. The van der Waals surface area contributed by atoms with E-state index in [1.807, 2.05) is 0 Å².